The van der Waals surface area contributed by atoms with Gasteiger partial charge in [0.1, 0.15) is 17.5 Å². The quantitative estimate of drug-likeness (QED) is 0.810. The van der Waals surface area contributed by atoms with E-state index in [2.05, 4.69) is 5.32 Å². The molecule has 1 saturated heterocycles. The minimum atomic E-state index is -0.813. The number of likely N-dealkylation sites (tertiary alicyclic amines) is 1. The van der Waals surface area contributed by atoms with Crippen LogP contribution in [-0.4, -0.2) is 46.3 Å². The zero-order valence-corrected chi connectivity index (χ0v) is 17.4. The van der Waals surface area contributed by atoms with E-state index in [-0.39, 0.29) is 11.6 Å². The molecule has 5 rings (SSSR count). The molecule has 1 N–H and O–H groups in total. The highest BCUT2D eigenvalue weighted by Crippen LogP contribution is 2.43. The Kier molecular flexibility index (Phi) is 4.71. The van der Waals surface area contributed by atoms with Gasteiger partial charge in [-0.15, -0.1) is 0 Å². The number of benzene rings is 1. The highest BCUT2D eigenvalue weighted by atomic mass is 19.1. The molecule has 1 saturated carbocycles. The molecule has 9 heteroatoms. The molecule has 2 fully saturated rings. The van der Waals surface area contributed by atoms with Crippen LogP contribution in [0.2, 0.25) is 0 Å². The van der Waals surface area contributed by atoms with E-state index in [0.717, 1.165) is 30.2 Å². The van der Waals surface area contributed by atoms with Crippen molar-refractivity contribution >= 4 is 23.4 Å². The number of piperidine rings is 1. The fourth-order valence-corrected chi connectivity index (χ4v) is 4.66. The Morgan fingerprint density at radius 1 is 1.23 bits per heavy atom. The maximum Gasteiger partial charge on any atom is 0.321 e. The van der Waals surface area contributed by atoms with Crippen molar-refractivity contribution in [1.82, 2.24) is 14.7 Å². The van der Waals surface area contributed by atoms with E-state index in [1.165, 1.54) is 18.9 Å². The highest BCUT2D eigenvalue weighted by molar-refractivity contribution is 5.95. The van der Waals surface area contributed by atoms with E-state index in [9.17, 15) is 18.4 Å². The Hall–Kier alpha value is -2.97. The first-order chi connectivity index (χ1) is 14.8. The summed E-state index contributed by atoms with van der Waals surface area (Å²) in [6, 6.07) is 4.59. The minimum absolute atomic E-state index is 0.0553. The van der Waals surface area contributed by atoms with Crippen LogP contribution in [0.15, 0.2) is 24.3 Å². The summed E-state index contributed by atoms with van der Waals surface area (Å²) in [4.78, 5) is 29.1. The lowest BCUT2D eigenvalue weighted by molar-refractivity contribution is -0.122. The van der Waals surface area contributed by atoms with Crippen molar-refractivity contribution in [3.8, 4) is 0 Å². The molecular weight excluding hydrogens is 404 g/mol. The SMILES string of the molecule is Cc1cc2n(n1)C1(CCN(C(=O)Nc3ccc(F)cc3F)CC1)CC(=O)N2CC1CC1. The standard InChI is InChI=1S/C22H25F2N5O2/c1-14-10-19-28(13-15-2-3-15)20(30)12-22(29(19)26-14)6-8-27(9-7-22)21(31)25-18-5-4-16(23)11-17(18)24/h4-5,10-11,15H,2-3,6-9,12-13H2,1H3,(H,25,31). The zero-order valence-electron chi connectivity index (χ0n) is 17.4. The van der Waals surface area contributed by atoms with E-state index >= 15 is 0 Å². The summed E-state index contributed by atoms with van der Waals surface area (Å²) >= 11 is 0. The van der Waals surface area contributed by atoms with Gasteiger partial charge < -0.3 is 10.2 Å². The Morgan fingerprint density at radius 3 is 2.65 bits per heavy atom. The molecule has 3 aliphatic rings. The van der Waals surface area contributed by atoms with E-state index < -0.39 is 23.2 Å². The van der Waals surface area contributed by atoms with Crippen molar-refractivity contribution in [2.24, 2.45) is 5.92 Å². The molecule has 31 heavy (non-hydrogen) atoms. The number of anilines is 2. The third-order valence-electron chi connectivity index (χ3n) is 6.61. The average molecular weight is 429 g/mol. The minimum Gasteiger partial charge on any atom is -0.324 e. The number of fused-ring (bicyclic) bond motifs is 2. The molecule has 0 unspecified atom stereocenters. The second-order valence-electron chi connectivity index (χ2n) is 8.95. The molecule has 3 heterocycles. The lowest BCUT2D eigenvalue weighted by Crippen LogP contribution is -2.55. The third-order valence-corrected chi connectivity index (χ3v) is 6.61. The normalized spacial score (nSPS) is 20.2. The Labute approximate surface area is 179 Å². The number of nitrogens with one attached hydrogen (secondary N) is 1. The van der Waals surface area contributed by atoms with Crippen LogP contribution < -0.4 is 10.2 Å². The van der Waals surface area contributed by atoms with Gasteiger partial charge in [0.2, 0.25) is 5.91 Å². The van der Waals surface area contributed by atoms with Gasteiger partial charge in [-0.3, -0.25) is 9.69 Å². The van der Waals surface area contributed by atoms with Crippen molar-refractivity contribution in [2.45, 2.75) is 44.6 Å². The van der Waals surface area contributed by atoms with Gasteiger partial charge in [-0.05, 0) is 50.7 Å². The van der Waals surface area contributed by atoms with Crippen LogP contribution in [-0.2, 0) is 10.3 Å². The maximum atomic E-state index is 13.9. The lowest BCUT2D eigenvalue weighted by Gasteiger charge is -2.46. The van der Waals surface area contributed by atoms with E-state index in [4.69, 9.17) is 5.10 Å². The van der Waals surface area contributed by atoms with Crippen molar-refractivity contribution in [3.05, 3.63) is 41.6 Å². The van der Waals surface area contributed by atoms with E-state index in [1.807, 2.05) is 22.6 Å². The second-order valence-corrected chi connectivity index (χ2v) is 8.95. The van der Waals surface area contributed by atoms with Crippen molar-refractivity contribution in [3.63, 3.8) is 0 Å². The topological polar surface area (TPSA) is 70.5 Å². The van der Waals surface area contributed by atoms with Gasteiger partial charge in [0.25, 0.3) is 0 Å². The van der Waals surface area contributed by atoms with E-state index in [1.54, 1.807) is 4.90 Å². The Balaban J connectivity index is 1.31. The number of aryl methyl sites for hydroxylation is 1. The van der Waals surface area contributed by atoms with Gasteiger partial charge in [-0.1, -0.05) is 0 Å². The first-order valence-corrected chi connectivity index (χ1v) is 10.7. The van der Waals surface area contributed by atoms with Crippen molar-refractivity contribution in [2.75, 3.05) is 29.9 Å². The number of carbonyl (C=O) groups is 2. The smallest absolute Gasteiger partial charge is 0.321 e. The van der Waals surface area contributed by atoms with Crippen molar-refractivity contribution < 1.29 is 18.4 Å². The Bertz CT molecular complexity index is 1040. The molecule has 2 aliphatic heterocycles. The molecule has 0 radical (unpaired) electrons. The maximum absolute atomic E-state index is 13.9. The third kappa shape index (κ3) is 3.66. The van der Waals surface area contributed by atoms with Crippen LogP contribution in [0.25, 0.3) is 0 Å². The fourth-order valence-electron chi connectivity index (χ4n) is 4.66. The summed E-state index contributed by atoms with van der Waals surface area (Å²) < 4.78 is 29.0. The predicted octanol–water partition coefficient (Wildman–Crippen LogP) is 3.64. The van der Waals surface area contributed by atoms with Gasteiger partial charge in [-0.25, -0.2) is 18.3 Å². The number of urea groups is 1. The molecule has 0 atom stereocenters. The van der Waals surface area contributed by atoms with Crippen LogP contribution in [0.3, 0.4) is 0 Å². The highest BCUT2D eigenvalue weighted by Gasteiger charge is 2.47. The summed E-state index contributed by atoms with van der Waals surface area (Å²) in [5, 5.41) is 7.23. The molecule has 1 aromatic heterocycles. The predicted molar refractivity (Wildman–Crippen MR) is 111 cm³/mol. The molecule has 1 aromatic carbocycles. The fraction of sp³-hybridized carbons (Fsp3) is 0.500. The summed E-state index contributed by atoms with van der Waals surface area (Å²) in [6.07, 6.45) is 3.88. The van der Waals surface area contributed by atoms with Gasteiger partial charge in [0.15, 0.2) is 0 Å². The van der Waals surface area contributed by atoms with Crippen LogP contribution in [0.4, 0.5) is 25.1 Å². The monoisotopic (exact) mass is 429 g/mol. The number of aromatic nitrogens is 2. The molecule has 1 spiro atoms. The van der Waals surface area contributed by atoms with Crippen LogP contribution in [0.1, 0.15) is 37.8 Å². The molecule has 0 bridgehead atoms. The molecule has 1 aliphatic carbocycles. The number of carbonyl (C=O) groups excluding carboxylic acids is 2. The van der Waals surface area contributed by atoms with Gasteiger partial charge in [-0.2, -0.15) is 5.10 Å². The summed E-state index contributed by atoms with van der Waals surface area (Å²) in [5.41, 5.74) is 0.371. The summed E-state index contributed by atoms with van der Waals surface area (Å²) in [7, 11) is 0. The van der Waals surface area contributed by atoms with Gasteiger partial charge >= 0.3 is 6.03 Å². The number of rotatable bonds is 3. The Morgan fingerprint density at radius 2 is 1.97 bits per heavy atom. The van der Waals surface area contributed by atoms with Gasteiger partial charge in [0.05, 0.1) is 23.3 Å². The van der Waals surface area contributed by atoms with Crippen LogP contribution >= 0.6 is 0 Å². The summed E-state index contributed by atoms with van der Waals surface area (Å²) in [5.74, 6) is 0.0436. The largest absolute Gasteiger partial charge is 0.324 e. The second kappa shape index (κ2) is 7.32. The number of amides is 3. The average Bonchev–Trinajstić information content (AvgIpc) is 3.46. The van der Waals surface area contributed by atoms with Crippen LogP contribution in [0.5, 0.6) is 0 Å². The molecule has 164 valence electrons. The first kappa shape index (κ1) is 20.0. The zero-order chi connectivity index (χ0) is 21.8. The molecular formula is C22H25F2N5O2. The van der Waals surface area contributed by atoms with Crippen molar-refractivity contribution in [1.29, 1.82) is 0 Å². The number of hydrogen-bond acceptors (Lipinski definition) is 3. The number of hydrogen-bond donors (Lipinski definition) is 1. The lowest BCUT2D eigenvalue weighted by atomic mass is 9.82. The summed E-state index contributed by atoms with van der Waals surface area (Å²) in [6.45, 7) is 3.52. The van der Waals surface area contributed by atoms with Crippen LogP contribution in [0, 0.1) is 24.5 Å². The van der Waals surface area contributed by atoms with E-state index in [0.29, 0.717) is 38.3 Å². The first-order valence-electron chi connectivity index (χ1n) is 10.7. The molecule has 2 aromatic rings. The molecule has 3 amide bonds. The number of nitrogens with zero attached hydrogens (tertiary/aromatic N) is 4. The van der Waals surface area contributed by atoms with Gasteiger partial charge in [0, 0.05) is 31.8 Å². The molecule has 7 nitrogen and oxygen atoms in total. The number of halogens is 2.